The Bertz CT molecular complexity index is 911. The monoisotopic (exact) mass is 371 g/mol. The van der Waals surface area contributed by atoms with Crippen LogP contribution in [0.15, 0.2) is 48.7 Å². The van der Waals surface area contributed by atoms with E-state index in [-0.39, 0.29) is 6.04 Å². The van der Waals surface area contributed by atoms with Gasteiger partial charge in [0.25, 0.3) is 5.95 Å². The second kappa shape index (κ2) is 6.50. The molecule has 25 heavy (non-hydrogen) atoms. The summed E-state index contributed by atoms with van der Waals surface area (Å²) >= 11 is 12.4. The third kappa shape index (κ3) is 3.01. The Morgan fingerprint density at radius 2 is 1.84 bits per heavy atom. The van der Waals surface area contributed by atoms with E-state index in [4.69, 9.17) is 23.2 Å². The van der Waals surface area contributed by atoms with Gasteiger partial charge in [-0.15, -0.1) is 5.10 Å². The molecule has 0 amide bonds. The molecule has 1 aromatic heterocycles. The van der Waals surface area contributed by atoms with Crippen LogP contribution in [0.4, 0.5) is 23.1 Å². The largest absolute Gasteiger partial charge is 0.336 e. The zero-order valence-corrected chi connectivity index (χ0v) is 15.0. The number of hydrogen-bond acceptors (Lipinski definition) is 5. The molecule has 3 aromatic rings. The Kier molecular flexibility index (Phi) is 4.19. The minimum atomic E-state index is 0.262. The van der Waals surface area contributed by atoms with Crippen LogP contribution in [0.5, 0.6) is 0 Å². The van der Waals surface area contributed by atoms with Crippen LogP contribution in [0.25, 0.3) is 0 Å². The molecule has 0 bridgehead atoms. The van der Waals surface area contributed by atoms with Gasteiger partial charge in [0, 0.05) is 11.7 Å². The first-order valence-corrected chi connectivity index (χ1v) is 8.67. The van der Waals surface area contributed by atoms with Crippen LogP contribution in [-0.4, -0.2) is 21.2 Å². The molecule has 1 N–H and O–H groups in total. The van der Waals surface area contributed by atoms with E-state index >= 15 is 0 Å². The number of rotatable bonds is 3. The first kappa shape index (κ1) is 16.1. The van der Waals surface area contributed by atoms with E-state index in [1.807, 2.05) is 12.1 Å². The molecule has 1 aliphatic heterocycles. The predicted octanol–water partition coefficient (Wildman–Crippen LogP) is 5.00. The van der Waals surface area contributed by atoms with Crippen LogP contribution >= 0.6 is 23.2 Å². The third-order valence-corrected chi connectivity index (χ3v) is 4.82. The zero-order chi connectivity index (χ0) is 17.4. The number of benzene rings is 2. The van der Waals surface area contributed by atoms with Crippen molar-refractivity contribution in [2.45, 2.75) is 19.4 Å². The van der Waals surface area contributed by atoms with E-state index in [0.717, 1.165) is 12.1 Å². The molecule has 0 spiro atoms. The van der Waals surface area contributed by atoms with Crippen molar-refractivity contribution in [2.75, 3.05) is 10.2 Å². The fourth-order valence-electron chi connectivity index (χ4n) is 3.07. The maximum absolute atomic E-state index is 6.22. The SMILES string of the molecule is CC1Cc2ccccc2N1c1nncc(Nc2c(Cl)cccc2Cl)n1. The highest BCUT2D eigenvalue weighted by Gasteiger charge is 2.29. The summed E-state index contributed by atoms with van der Waals surface area (Å²) in [5.74, 6) is 1.09. The summed E-state index contributed by atoms with van der Waals surface area (Å²) in [6, 6.07) is 13.9. The molecule has 0 saturated heterocycles. The smallest absolute Gasteiger partial charge is 0.252 e. The number of fused-ring (bicyclic) bond motifs is 1. The highest BCUT2D eigenvalue weighted by Crippen LogP contribution is 2.37. The molecular formula is C18H15Cl2N5. The number of hydrogen-bond donors (Lipinski definition) is 1. The van der Waals surface area contributed by atoms with E-state index in [2.05, 4.69) is 44.5 Å². The average Bonchev–Trinajstić information content (AvgIpc) is 2.94. The Morgan fingerprint density at radius 1 is 1.08 bits per heavy atom. The van der Waals surface area contributed by atoms with Crippen molar-refractivity contribution >= 4 is 46.3 Å². The molecule has 0 aliphatic carbocycles. The summed E-state index contributed by atoms with van der Waals surface area (Å²) in [5.41, 5.74) is 3.00. The van der Waals surface area contributed by atoms with Crippen molar-refractivity contribution in [1.29, 1.82) is 0 Å². The van der Waals surface area contributed by atoms with Gasteiger partial charge in [-0.25, -0.2) is 0 Å². The lowest BCUT2D eigenvalue weighted by molar-refractivity contribution is 0.730. The Labute approximate surface area is 155 Å². The van der Waals surface area contributed by atoms with Gasteiger partial charge in [0.05, 0.1) is 21.9 Å². The lowest BCUT2D eigenvalue weighted by atomic mass is 10.1. The molecule has 0 saturated carbocycles. The molecule has 4 rings (SSSR count). The van der Waals surface area contributed by atoms with Gasteiger partial charge in [0.1, 0.15) is 0 Å². The van der Waals surface area contributed by atoms with E-state index in [0.29, 0.717) is 27.5 Å². The Balaban J connectivity index is 1.69. The molecule has 1 unspecified atom stereocenters. The van der Waals surface area contributed by atoms with E-state index in [1.165, 1.54) is 5.56 Å². The van der Waals surface area contributed by atoms with Crippen molar-refractivity contribution in [3.8, 4) is 0 Å². The van der Waals surface area contributed by atoms with Gasteiger partial charge in [-0.3, -0.25) is 0 Å². The summed E-state index contributed by atoms with van der Waals surface area (Å²) in [6.45, 7) is 2.15. The summed E-state index contributed by atoms with van der Waals surface area (Å²) in [4.78, 5) is 6.70. The lowest BCUT2D eigenvalue weighted by Crippen LogP contribution is -2.26. The molecular weight excluding hydrogens is 357 g/mol. The molecule has 7 heteroatoms. The fourth-order valence-corrected chi connectivity index (χ4v) is 3.56. The number of halogens is 2. The number of nitrogens with one attached hydrogen (secondary N) is 1. The number of aromatic nitrogens is 3. The number of anilines is 4. The van der Waals surface area contributed by atoms with Gasteiger partial charge in [0.15, 0.2) is 5.82 Å². The van der Waals surface area contributed by atoms with Gasteiger partial charge in [0.2, 0.25) is 0 Å². The van der Waals surface area contributed by atoms with Crippen molar-refractivity contribution in [2.24, 2.45) is 0 Å². The van der Waals surface area contributed by atoms with Gasteiger partial charge in [-0.2, -0.15) is 10.1 Å². The van der Waals surface area contributed by atoms with Crippen molar-refractivity contribution in [3.05, 3.63) is 64.3 Å². The maximum Gasteiger partial charge on any atom is 0.252 e. The van der Waals surface area contributed by atoms with E-state index < -0.39 is 0 Å². The van der Waals surface area contributed by atoms with Crippen LogP contribution in [0, 0.1) is 0 Å². The fraction of sp³-hybridized carbons (Fsp3) is 0.167. The van der Waals surface area contributed by atoms with Crippen LogP contribution in [0.1, 0.15) is 12.5 Å². The second-order valence-electron chi connectivity index (χ2n) is 5.92. The third-order valence-electron chi connectivity index (χ3n) is 4.19. The first-order chi connectivity index (χ1) is 12.1. The van der Waals surface area contributed by atoms with Crippen molar-refractivity contribution < 1.29 is 0 Å². The van der Waals surface area contributed by atoms with E-state index in [9.17, 15) is 0 Å². The standard InChI is InChI=1S/C18H15Cl2N5/c1-11-9-12-5-2-3-8-15(12)25(11)18-23-16(10-21-24-18)22-17-13(19)6-4-7-14(17)20/h2-8,10-11H,9H2,1H3,(H,22,23,24). The van der Waals surface area contributed by atoms with Crippen LogP contribution < -0.4 is 10.2 Å². The zero-order valence-electron chi connectivity index (χ0n) is 13.4. The molecule has 1 aliphatic rings. The molecule has 0 radical (unpaired) electrons. The molecule has 2 heterocycles. The summed E-state index contributed by atoms with van der Waals surface area (Å²) < 4.78 is 0. The lowest BCUT2D eigenvalue weighted by Gasteiger charge is -2.22. The van der Waals surface area contributed by atoms with Gasteiger partial charge in [-0.1, -0.05) is 47.5 Å². The summed E-state index contributed by atoms with van der Waals surface area (Å²) in [6.07, 6.45) is 2.50. The molecule has 0 fully saturated rings. The summed E-state index contributed by atoms with van der Waals surface area (Å²) in [5, 5.41) is 12.5. The number of nitrogens with zero attached hydrogens (tertiary/aromatic N) is 4. The quantitative estimate of drug-likeness (QED) is 0.701. The van der Waals surface area contributed by atoms with Gasteiger partial charge < -0.3 is 10.2 Å². The van der Waals surface area contributed by atoms with Gasteiger partial charge in [-0.05, 0) is 37.1 Å². The molecule has 2 aromatic carbocycles. The van der Waals surface area contributed by atoms with Crippen LogP contribution in [0.2, 0.25) is 10.0 Å². The topological polar surface area (TPSA) is 53.9 Å². The van der Waals surface area contributed by atoms with Crippen molar-refractivity contribution in [1.82, 2.24) is 15.2 Å². The van der Waals surface area contributed by atoms with Crippen LogP contribution in [0.3, 0.4) is 0 Å². The predicted molar refractivity (Wildman–Crippen MR) is 101 cm³/mol. The summed E-state index contributed by atoms with van der Waals surface area (Å²) in [7, 11) is 0. The van der Waals surface area contributed by atoms with Crippen molar-refractivity contribution in [3.63, 3.8) is 0 Å². The number of para-hydroxylation sites is 2. The molecule has 126 valence electrons. The normalized spacial score (nSPS) is 16.0. The molecule has 1 atom stereocenters. The first-order valence-electron chi connectivity index (χ1n) is 7.91. The Morgan fingerprint density at radius 3 is 2.64 bits per heavy atom. The minimum Gasteiger partial charge on any atom is -0.336 e. The van der Waals surface area contributed by atoms with Gasteiger partial charge >= 0.3 is 0 Å². The Hall–Kier alpha value is -2.37. The maximum atomic E-state index is 6.22. The van der Waals surface area contributed by atoms with E-state index in [1.54, 1.807) is 24.4 Å². The highest BCUT2D eigenvalue weighted by molar-refractivity contribution is 6.39. The average molecular weight is 372 g/mol. The van der Waals surface area contributed by atoms with Crippen LogP contribution in [-0.2, 0) is 6.42 Å². The molecule has 5 nitrogen and oxygen atoms in total. The second-order valence-corrected chi connectivity index (χ2v) is 6.73. The minimum absolute atomic E-state index is 0.262. The highest BCUT2D eigenvalue weighted by atomic mass is 35.5.